The van der Waals surface area contributed by atoms with E-state index < -0.39 is 5.91 Å². The van der Waals surface area contributed by atoms with Crippen molar-refractivity contribution in [2.45, 2.75) is 6.92 Å². The molecule has 0 aliphatic rings. The number of carbonyl (C=O) groups excluding carboxylic acids is 2. The molecule has 7 nitrogen and oxygen atoms in total. The predicted octanol–water partition coefficient (Wildman–Crippen LogP) is 3.35. The maximum Gasteiger partial charge on any atom is 0.258 e. The number of fused-ring (bicyclic) bond motifs is 2. The van der Waals surface area contributed by atoms with E-state index in [4.69, 9.17) is 0 Å². The number of rotatable bonds is 3. The number of aromatic nitrogens is 2. The molecule has 4 aromatic rings. The van der Waals surface area contributed by atoms with Gasteiger partial charge in [-0.15, -0.1) is 0 Å². The van der Waals surface area contributed by atoms with Crippen LogP contribution in [-0.4, -0.2) is 21.8 Å². The van der Waals surface area contributed by atoms with Crippen molar-refractivity contribution in [3.8, 4) is 0 Å². The molecule has 8 heteroatoms. The van der Waals surface area contributed by atoms with E-state index in [0.717, 1.165) is 4.70 Å². The first-order valence-corrected chi connectivity index (χ1v) is 8.93. The fraction of sp³-hybridized carbons (Fsp3) is 0.0526. The van der Waals surface area contributed by atoms with Gasteiger partial charge in [0.15, 0.2) is 5.13 Å². The molecule has 0 bridgehead atoms. The summed E-state index contributed by atoms with van der Waals surface area (Å²) in [5, 5.41) is 6.54. The maximum absolute atomic E-state index is 12.7. The molecular formula is C19H14N4O3S. The number of anilines is 2. The Balaban J connectivity index is 1.67. The van der Waals surface area contributed by atoms with Gasteiger partial charge in [0.2, 0.25) is 11.5 Å². The van der Waals surface area contributed by atoms with E-state index in [-0.39, 0.29) is 17.0 Å². The Morgan fingerprint density at radius 2 is 1.89 bits per heavy atom. The first-order chi connectivity index (χ1) is 13.0. The summed E-state index contributed by atoms with van der Waals surface area (Å²) in [5.74, 6) is -0.563. The molecule has 134 valence electrons. The summed E-state index contributed by atoms with van der Waals surface area (Å²) in [4.78, 5) is 42.8. The van der Waals surface area contributed by atoms with Crippen LogP contribution in [0.1, 0.15) is 17.3 Å². The van der Waals surface area contributed by atoms with E-state index in [1.807, 2.05) is 0 Å². The molecule has 4 rings (SSSR count). The fourth-order valence-electron chi connectivity index (χ4n) is 2.82. The fourth-order valence-corrected chi connectivity index (χ4v) is 3.72. The summed E-state index contributed by atoms with van der Waals surface area (Å²) < 4.78 is 0.826. The van der Waals surface area contributed by atoms with Crippen LogP contribution < -0.4 is 16.2 Å². The molecule has 2 heterocycles. The molecule has 0 radical (unpaired) electrons. The lowest BCUT2D eigenvalue weighted by molar-refractivity contribution is -0.114. The molecule has 3 N–H and O–H groups in total. The number of carbonyl (C=O) groups is 2. The molecule has 0 aliphatic carbocycles. The van der Waals surface area contributed by atoms with E-state index in [9.17, 15) is 14.4 Å². The number of aromatic amines is 1. The summed E-state index contributed by atoms with van der Waals surface area (Å²) in [6.45, 7) is 1.44. The lowest BCUT2D eigenvalue weighted by Crippen LogP contribution is -2.16. The van der Waals surface area contributed by atoms with Gasteiger partial charge in [0.1, 0.15) is 0 Å². The van der Waals surface area contributed by atoms with Crippen LogP contribution in [0.2, 0.25) is 0 Å². The largest absolute Gasteiger partial charge is 0.326 e. The van der Waals surface area contributed by atoms with E-state index in [1.165, 1.54) is 24.3 Å². The van der Waals surface area contributed by atoms with Crippen LogP contribution in [0.25, 0.3) is 21.1 Å². The summed E-state index contributed by atoms with van der Waals surface area (Å²) in [5.41, 5.74) is 1.91. The number of nitrogens with zero attached hydrogens (tertiary/aromatic N) is 1. The molecule has 2 aromatic carbocycles. The number of hydrogen-bond acceptors (Lipinski definition) is 5. The second-order valence-electron chi connectivity index (χ2n) is 5.93. The molecule has 0 saturated carbocycles. The van der Waals surface area contributed by atoms with Crippen molar-refractivity contribution in [2.24, 2.45) is 0 Å². The first kappa shape index (κ1) is 16.9. The maximum atomic E-state index is 12.7. The lowest BCUT2D eigenvalue weighted by Gasteiger charge is -2.05. The zero-order chi connectivity index (χ0) is 19.0. The highest BCUT2D eigenvalue weighted by Crippen LogP contribution is 2.29. The van der Waals surface area contributed by atoms with Crippen molar-refractivity contribution in [1.82, 2.24) is 9.97 Å². The number of thiazole rings is 1. The third-order valence-electron chi connectivity index (χ3n) is 3.92. The standard InChI is InChI=1S/C19H14N4O3S/c1-10(24)20-11-6-7-15-16(8-11)27-19(22-15)23-18(26)13-9-17(25)21-14-5-3-2-4-12(13)14/h2-9H,1H3,(H,20,24)(H,21,25)(H,22,23,26). The second kappa shape index (κ2) is 6.65. The molecule has 27 heavy (non-hydrogen) atoms. The van der Waals surface area contributed by atoms with Gasteiger partial charge in [0.05, 0.1) is 15.8 Å². The third-order valence-corrected chi connectivity index (χ3v) is 4.86. The first-order valence-electron chi connectivity index (χ1n) is 8.11. The van der Waals surface area contributed by atoms with Crippen molar-refractivity contribution < 1.29 is 9.59 Å². The van der Waals surface area contributed by atoms with Gasteiger partial charge in [0.25, 0.3) is 5.91 Å². The van der Waals surface area contributed by atoms with Gasteiger partial charge in [-0.2, -0.15) is 0 Å². The van der Waals surface area contributed by atoms with Gasteiger partial charge in [-0.1, -0.05) is 29.5 Å². The van der Waals surface area contributed by atoms with E-state index >= 15 is 0 Å². The van der Waals surface area contributed by atoms with Gasteiger partial charge >= 0.3 is 0 Å². The number of para-hydroxylation sites is 1. The Kier molecular flexibility index (Phi) is 4.17. The van der Waals surface area contributed by atoms with Gasteiger partial charge in [-0.05, 0) is 24.3 Å². The van der Waals surface area contributed by atoms with Crippen LogP contribution in [-0.2, 0) is 4.79 Å². The number of pyridine rings is 1. The third kappa shape index (κ3) is 3.42. The lowest BCUT2D eigenvalue weighted by atomic mass is 10.1. The average molecular weight is 378 g/mol. The van der Waals surface area contributed by atoms with Gasteiger partial charge < -0.3 is 10.3 Å². The molecule has 2 amide bonds. The topological polar surface area (TPSA) is 104 Å². The SMILES string of the molecule is CC(=O)Nc1ccc2nc(NC(=O)c3cc(=O)[nH]c4ccccc34)sc2c1. The zero-order valence-corrected chi connectivity index (χ0v) is 15.0. The Labute approximate surface area is 157 Å². The second-order valence-corrected chi connectivity index (χ2v) is 6.96. The van der Waals surface area contributed by atoms with Crippen molar-refractivity contribution >= 4 is 55.1 Å². The molecule has 0 spiro atoms. The summed E-state index contributed by atoms with van der Waals surface area (Å²) in [7, 11) is 0. The Morgan fingerprint density at radius 3 is 2.70 bits per heavy atom. The average Bonchev–Trinajstić information content (AvgIpc) is 3.01. The molecule has 0 fully saturated rings. The molecule has 2 aromatic heterocycles. The van der Waals surface area contributed by atoms with E-state index in [0.29, 0.717) is 27.2 Å². The Hall–Kier alpha value is -3.52. The van der Waals surface area contributed by atoms with Gasteiger partial charge in [-0.25, -0.2) is 4.98 Å². The van der Waals surface area contributed by atoms with Gasteiger partial charge in [0, 0.05) is 29.6 Å². The van der Waals surface area contributed by atoms with E-state index in [2.05, 4.69) is 20.6 Å². The number of nitrogens with one attached hydrogen (secondary N) is 3. The summed E-state index contributed by atoms with van der Waals surface area (Å²) in [6, 6.07) is 13.7. The quantitative estimate of drug-likeness (QED) is 0.508. The molecule has 0 atom stereocenters. The highest BCUT2D eigenvalue weighted by molar-refractivity contribution is 7.22. The molecule has 0 saturated heterocycles. The van der Waals surface area contributed by atoms with E-state index in [1.54, 1.807) is 42.5 Å². The number of H-pyrrole nitrogens is 1. The van der Waals surface area contributed by atoms with Crippen molar-refractivity contribution in [2.75, 3.05) is 10.6 Å². The number of amides is 2. The van der Waals surface area contributed by atoms with Crippen LogP contribution in [0.5, 0.6) is 0 Å². The number of hydrogen-bond donors (Lipinski definition) is 3. The molecule has 0 unspecified atom stereocenters. The molecular weight excluding hydrogens is 364 g/mol. The Morgan fingerprint density at radius 1 is 1.07 bits per heavy atom. The summed E-state index contributed by atoms with van der Waals surface area (Å²) in [6.07, 6.45) is 0. The minimum absolute atomic E-state index is 0.159. The smallest absolute Gasteiger partial charge is 0.258 e. The predicted molar refractivity (Wildman–Crippen MR) is 106 cm³/mol. The highest BCUT2D eigenvalue weighted by Gasteiger charge is 2.14. The van der Waals surface area contributed by atoms with Crippen LogP contribution in [0.15, 0.2) is 53.3 Å². The number of benzene rings is 2. The Bertz CT molecular complexity index is 1260. The van der Waals surface area contributed by atoms with Crippen LogP contribution in [0, 0.1) is 0 Å². The zero-order valence-electron chi connectivity index (χ0n) is 14.2. The summed E-state index contributed by atoms with van der Waals surface area (Å²) >= 11 is 1.29. The van der Waals surface area contributed by atoms with Crippen molar-refractivity contribution in [1.29, 1.82) is 0 Å². The highest BCUT2D eigenvalue weighted by atomic mass is 32.1. The van der Waals surface area contributed by atoms with Crippen molar-refractivity contribution in [3.05, 3.63) is 64.4 Å². The van der Waals surface area contributed by atoms with Crippen LogP contribution in [0.4, 0.5) is 10.8 Å². The van der Waals surface area contributed by atoms with Crippen molar-refractivity contribution in [3.63, 3.8) is 0 Å². The van der Waals surface area contributed by atoms with Gasteiger partial charge in [-0.3, -0.25) is 19.7 Å². The van der Waals surface area contributed by atoms with Crippen LogP contribution >= 0.6 is 11.3 Å². The molecule has 0 aliphatic heterocycles. The monoisotopic (exact) mass is 378 g/mol. The normalized spacial score (nSPS) is 10.9. The minimum atomic E-state index is -0.404. The minimum Gasteiger partial charge on any atom is -0.326 e. The van der Waals surface area contributed by atoms with Crippen LogP contribution in [0.3, 0.4) is 0 Å².